The number of benzene rings is 3. The number of halogens is 2. The van der Waals surface area contributed by atoms with Gasteiger partial charge in [-0.2, -0.15) is 0 Å². The van der Waals surface area contributed by atoms with E-state index in [9.17, 15) is 9.59 Å². The monoisotopic (exact) mass is 708 g/mol. The van der Waals surface area contributed by atoms with Gasteiger partial charge in [0.2, 0.25) is 0 Å². The Morgan fingerprint density at radius 1 is 1.02 bits per heavy atom. The molecule has 1 aromatic heterocycles. The zero-order valence-corrected chi connectivity index (χ0v) is 27.7. The Balaban J connectivity index is 1.78. The molecule has 0 amide bonds. The van der Waals surface area contributed by atoms with Crippen molar-refractivity contribution in [2.24, 2.45) is 4.99 Å². The molecule has 1 atom stereocenters. The summed E-state index contributed by atoms with van der Waals surface area (Å²) in [7, 11) is 0. The maximum absolute atomic E-state index is 14.1. The molecule has 4 aromatic rings. The molecule has 1 aliphatic rings. The second-order valence-electron chi connectivity index (χ2n) is 10.00. The number of esters is 1. The average molecular weight is 710 g/mol. The summed E-state index contributed by atoms with van der Waals surface area (Å²) in [6.07, 6.45) is 1.84. The predicted molar refractivity (Wildman–Crippen MR) is 175 cm³/mol. The van der Waals surface area contributed by atoms with Crippen LogP contribution in [0.4, 0.5) is 0 Å². The SMILES string of the molecule is CCOC(=O)C1=C(c2ccccc2)N=c2s/c(=C\c3cc(Br)c(OCC)c(Br)c3)c(=O)n2[C@@H]1c1ccc(C(C)C)cc1. The van der Waals surface area contributed by atoms with Crippen LogP contribution in [-0.2, 0) is 9.53 Å². The van der Waals surface area contributed by atoms with E-state index in [0.717, 1.165) is 25.6 Å². The summed E-state index contributed by atoms with van der Waals surface area (Å²) in [4.78, 5) is 33.2. The number of thiazole rings is 1. The molecule has 42 heavy (non-hydrogen) atoms. The molecule has 0 saturated heterocycles. The van der Waals surface area contributed by atoms with Crippen molar-refractivity contribution in [2.75, 3.05) is 13.2 Å². The number of ether oxygens (including phenoxy) is 2. The lowest BCUT2D eigenvalue weighted by Crippen LogP contribution is -2.40. The van der Waals surface area contributed by atoms with E-state index in [1.807, 2.05) is 67.6 Å². The van der Waals surface area contributed by atoms with Gasteiger partial charge in [-0.15, -0.1) is 0 Å². The number of hydrogen-bond acceptors (Lipinski definition) is 6. The molecule has 0 fully saturated rings. The first kappa shape index (κ1) is 30.2. The van der Waals surface area contributed by atoms with Gasteiger partial charge in [0, 0.05) is 5.56 Å². The molecular weight excluding hydrogens is 680 g/mol. The van der Waals surface area contributed by atoms with Crippen molar-refractivity contribution < 1.29 is 14.3 Å². The smallest absolute Gasteiger partial charge is 0.338 e. The van der Waals surface area contributed by atoms with Crippen LogP contribution in [0.5, 0.6) is 5.75 Å². The summed E-state index contributed by atoms with van der Waals surface area (Å²) in [5.74, 6) is 0.549. The minimum Gasteiger partial charge on any atom is -0.492 e. The van der Waals surface area contributed by atoms with Gasteiger partial charge < -0.3 is 9.47 Å². The van der Waals surface area contributed by atoms with Crippen LogP contribution >= 0.6 is 43.2 Å². The highest BCUT2D eigenvalue weighted by Gasteiger charge is 2.35. The largest absolute Gasteiger partial charge is 0.492 e. The Morgan fingerprint density at radius 3 is 2.29 bits per heavy atom. The van der Waals surface area contributed by atoms with Gasteiger partial charge >= 0.3 is 5.97 Å². The third-order valence-electron chi connectivity index (χ3n) is 6.90. The predicted octanol–water partition coefficient (Wildman–Crippen LogP) is 6.98. The average Bonchev–Trinajstić information content (AvgIpc) is 3.28. The minimum absolute atomic E-state index is 0.204. The number of rotatable bonds is 8. The molecule has 9 heteroatoms. The number of fused-ring (bicyclic) bond motifs is 1. The molecule has 0 bridgehead atoms. The second kappa shape index (κ2) is 12.9. The van der Waals surface area contributed by atoms with Crippen LogP contribution in [0.1, 0.15) is 61.9 Å². The Bertz CT molecular complexity index is 1820. The first-order valence-corrected chi connectivity index (χ1v) is 16.1. The molecule has 0 spiro atoms. The molecule has 0 aliphatic carbocycles. The van der Waals surface area contributed by atoms with E-state index in [1.54, 1.807) is 11.5 Å². The fraction of sp³-hybridized carbons (Fsp3) is 0.242. The van der Waals surface area contributed by atoms with Crippen molar-refractivity contribution in [3.63, 3.8) is 0 Å². The zero-order chi connectivity index (χ0) is 30.0. The third-order valence-corrected chi connectivity index (χ3v) is 9.06. The van der Waals surface area contributed by atoms with Crippen LogP contribution in [0.2, 0.25) is 0 Å². The van der Waals surface area contributed by atoms with Crippen molar-refractivity contribution in [1.29, 1.82) is 0 Å². The minimum atomic E-state index is -0.710. The molecule has 0 unspecified atom stereocenters. The molecule has 0 N–H and O–H groups in total. The number of carbonyl (C=O) groups is 1. The van der Waals surface area contributed by atoms with Gasteiger partial charge in [-0.05, 0) is 86.5 Å². The number of nitrogens with zero attached hydrogens (tertiary/aromatic N) is 2. The molecule has 0 saturated carbocycles. The van der Waals surface area contributed by atoms with E-state index < -0.39 is 12.0 Å². The van der Waals surface area contributed by atoms with E-state index in [2.05, 4.69) is 57.8 Å². The van der Waals surface area contributed by atoms with Gasteiger partial charge in [0.15, 0.2) is 4.80 Å². The van der Waals surface area contributed by atoms with Crippen molar-refractivity contribution in [3.8, 4) is 5.75 Å². The van der Waals surface area contributed by atoms with Gasteiger partial charge in [0.1, 0.15) is 5.75 Å². The third kappa shape index (κ3) is 5.96. The molecule has 5 rings (SSSR count). The molecule has 216 valence electrons. The van der Waals surface area contributed by atoms with Gasteiger partial charge in [-0.25, -0.2) is 9.79 Å². The first-order chi connectivity index (χ1) is 20.2. The van der Waals surface area contributed by atoms with E-state index in [-0.39, 0.29) is 12.2 Å². The van der Waals surface area contributed by atoms with E-state index in [0.29, 0.717) is 38.9 Å². The Labute approximate surface area is 265 Å². The first-order valence-electron chi connectivity index (χ1n) is 13.7. The summed E-state index contributed by atoms with van der Waals surface area (Å²) in [5, 5.41) is 0. The van der Waals surface area contributed by atoms with Crippen molar-refractivity contribution >= 4 is 60.9 Å². The lowest BCUT2D eigenvalue weighted by molar-refractivity contribution is -0.138. The Hall–Kier alpha value is -3.27. The number of carbonyl (C=O) groups excluding carboxylic acids is 1. The fourth-order valence-corrected chi connectivity index (χ4v) is 7.37. The van der Waals surface area contributed by atoms with Gasteiger partial charge in [-0.3, -0.25) is 9.36 Å². The second-order valence-corrected chi connectivity index (χ2v) is 12.7. The number of hydrogen-bond donors (Lipinski definition) is 0. The summed E-state index contributed by atoms with van der Waals surface area (Å²) in [6, 6.07) is 20.8. The molecule has 0 radical (unpaired) electrons. The number of aromatic nitrogens is 1. The summed E-state index contributed by atoms with van der Waals surface area (Å²) < 4.78 is 15.0. The highest BCUT2D eigenvalue weighted by Crippen LogP contribution is 2.37. The lowest BCUT2D eigenvalue weighted by atomic mass is 9.91. The molecule has 3 aromatic carbocycles. The molecule has 2 heterocycles. The van der Waals surface area contributed by atoms with Crippen LogP contribution in [-0.4, -0.2) is 23.8 Å². The Kier molecular flexibility index (Phi) is 9.30. The normalized spacial score (nSPS) is 15.0. The summed E-state index contributed by atoms with van der Waals surface area (Å²) in [5.41, 5.74) is 4.19. The van der Waals surface area contributed by atoms with E-state index in [4.69, 9.17) is 14.5 Å². The standard InChI is InChI=1S/C33H30Br2N2O4S/c1-5-40-30-24(34)16-20(17-25(30)35)18-26-31(38)37-29(23-14-12-21(13-15-23)19(3)4)27(32(39)41-6-2)28(36-33(37)42-26)22-10-8-7-9-11-22/h7-19,29H,5-6H2,1-4H3/b26-18-/t29-/m1/s1. The van der Waals surface area contributed by atoms with Gasteiger partial charge in [0.05, 0.1) is 44.0 Å². The Morgan fingerprint density at radius 2 is 1.69 bits per heavy atom. The molecular formula is C33H30Br2N2O4S. The van der Waals surface area contributed by atoms with Crippen LogP contribution < -0.4 is 19.6 Å². The molecule has 1 aliphatic heterocycles. The van der Waals surface area contributed by atoms with Gasteiger partial charge in [-0.1, -0.05) is 79.8 Å². The summed E-state index contributed by atoms with van der Waals surface area (Å²) in [6.45, 7) is 8.69. The maximum atomic E-state index is 14.1. The van der Waals surface area contributed by atoms with E-state index >= 15 is 0 Å². The lowest BCUT2D eigenvalue weighted by Gasteiger charge is -2.26. The highest BCUT2D eigenvalue weighted by atomic mass is 79.9. The summed E-state index contributed by atoms with van der Waals surface area (Å²) >= 11 is 8.46. The van der Waals surface area contributed by atoms with Crippen molar-refractivity contribution in [2.45, 2.75) is 39.7 Å². The van der Waals surface area contributed by atoms with Crippen LogP contribution in [0.15, 0.2) is 91.0 Å². The van der Waals surface area contributed by atoms with Crippen LogP contribution in [0, 0.1) is 0 Å². The zero-order valence-electron chi connectivity index (χ0n) is 23.7. The molecule has 6 nitrogen and oxygen atoms in total. The maximum Gasteiger partial charge on any atom is 0.338 e. The quantitative estimate of drug-likeness (QED) is 0.185. The van der Waals surface area contributed by atoms with Crippen LogP contribution in [0.25, 0.3) is 11.8 Å². The van der Waals surface area contributed by atoms with Crippen molar-refractivity contribution in [3.05, 3.63) is 123 Å². The van der Waals surface area contributed by atoms with E-state index in [1.165, 1.54) is 16.9 Å². The topological polar surface area (TPSA) is 69.9 Å². The van der Waals surface area contributed by atoms with Crippen molar-refractivity contribution in [1.82, 2.24) is 4.57 Å². The fourth-order valence-electron chi connectivity index (χ4n) is 4.92. The van der Waals surface area contributed by atoms with Gasteiger partial charge in [0.25, 0.3) is 5.56 Å². The van der Waals surface area contributed by atoms with Crippen LogP contribution in [0.3, 0.4) is 0 Å². The highest BCUT2D eigenvalue weighted by molar-refractivity contribution is 9.11.